The quantitative estimate of drug-likeness (QED) is 0.387. The third-order valence-corrected chi connectivity index (χ3v) is 4.10. The molecule has 1 heterocycles. The van der Waals surface area contributed by atoms with Gasteiger partial charge in [-0.1, -0.05) is 11.6 Å². The molecule has 0 aliphatic carbocycles. The minimum absolute atomic E-state index is 0.0644. The Balaban J connectivity index is 2.22. The third kappa shape index (κ3) is 3.28. The maximum absolute atomic E-state index is 13.7. The third-order valence-electron chi connectivity index (χ3n) is 4.10. The predicted octanol–water partition coefficient (Wildman–Crippen LogP) is 2.68. The van der Waals surface area contributed by atoms with Crippen LogP contribution in [0.4, 0.5) is 4.39 Å². The first-order valence-corrected chi connectivity index (χ1v) is 7.04. The number of piperidine rings is 1. The second-order valence-electron chi connectivity index (χ2n) is 5.63. The number of amidine groups is 1. The van der Waals surface area contributed by atoms with Crippen molar-refractivity contribution in [3.63, 3.8) is 0 Å². The molecule has 2 rings (SSSR count). The molecule has 2 atom stereocenters. The molecule has 0 unspecified atom stereocenters. The van der Waals surface area contributed by atoms with Crippen molar-refractivity contribution in [3.8, 4) is 0 Å². The molecule has 1 saturated heterocycles. The molecule has 0 spiro atoms. The lowest BCUT2D eigenvalue weighted by Crippen LogP contribution is -2.43. The van der Waals surface area contributed by atoms with E-state index in [0.717, 1.165) is 5.56 Å². The molecular formula is C15H22FN3O. The Kier molecular flexibility index (Phi) is 4.60. The first-order chi connectivity index (χ1) is 9.51. The van der Waals surface area contributed by atoms with Gasteiger partial charge in [-0.05, 0) is 50.5 Å². The molecule has 1 fully saturated rings. The molecule has 0 saturated carbocycles. The van der Waals surface area contributed by atoms with Gasteiger partial charge in [-0.3, -0.25) is 4.90 Å². The van der Waals surface area contributed by atoms with Gasteiger partial charge in [0, 0.05) is 24.2 Å². The van der Waals surface area contributed by atoms with Crippen LogP contribution in [-0.4, -0.2) is 28.0 Å². The minimum Gasteiger partial charge on any atom is -0.409 e. The average molecular weight is 279 g/mol. The number of benzene rings is 1. The summed E-state index contributed by atoms with van der Waals surface area (Å²) in [5.41, 5.74) is 6.81. The molecule has 4 nitrogen and oxygen atoms in total. The molecule has 0 amide bonds. The van der Waals surface area contributed by atoms with E-state index >= 15 is 0 Å². The highest BCUT2D eigenvalue weighted by molar-refractivity contribution is 5.97. The number of oxime groups is 1. The number of nitrogens with zero attached hydrogens (tertiary/aromatic N) is 2. The Labute approximate surface area is 119 Å². The van der Waals surface area contributed by atoms with Gasteiger partial charge in [-0.25, -0.2) is 4.39 Å². The Morgan fingerprint density at radius 3 is 2.60 bits per heavy atom. The summed E-state index contributed by atoms with van der Waals surface area (Å²) in [6, 6.07) is 5.57. The largest absolute Gasteiger partial charge is 0.409 e. The van der Waals surface area contributed by atoms with Gasteiger partial charge in [-0.15, -0.1) is 0 Å². The summed E-state index contributed by atoms with van der Waals surface area (Å²) < 4.78 is 13.7. The molecule has 5 heteroatoms. The van der Waals surface area contributed by atoms with E-state index in [9.17, 15) is 4.39 Å². The fourth-order valence-corrected chi connectivity index (χ4v) is 2.94. The van der Waals surface area contributed by atoms with Crippen LogP contribution < -0.4 is 5.73 Å². The monoisotopic (exact) mass is 279 g/mol. The van der Waals surface area contributed by atoms with Crippen LogP contribution in [0.3, 0.4) is 0 Å². The van der Waals surface area contributed by atoms with Gasteiger partial charge in [0.15, 0.2) is 5.84 Å². The molecule has 1 aliphatic rings. The highest BCUT2D eigenvalue weighted by Gasteiger charge is 2.24. The highest BCUT2D eigenvalue weighted by atomic mass is 19.1. The zero-order valence-corrected chi connectivity index (χ0v) is 12.0. The van der Waals surface area contributed by atoms with Crippen LogP contribution in [0, 0.1) is 5.82 Å². The van der Waals surface area contributed by atoms with Crippen molar-refractivity contribution in [2.24, 2.45) is 10.9 Å². The smallest absolute Gasteiger partial charge is 0.170 e. The Morgan fingerprint density at radius 2 is 2.00 bits per heavy atom. The Morgan fingerprint density at radius 1 is 1.35 bits per heavy atom. The average Bonchev–Trinajstić information content (AvgIpc) is 2.41. The molecular weight excluding hydrogens is 257 g/mol. The van der Waals surface area contributed by atoms with Crippen LogP contribution in [0.2, 0.25) is 0 Å². The lowest BCUT2D eigenvalue weighted by atomic mass is 9.96. The fourth-order valence-electron chi connectivity index (χ4n) is 2.94. The number of hydrogen-bond acceptors (Lipinski definition) is 3. The number of likely N-dealkylation sites (tertiary alicyclic amines) is 1. The molecule has 20 heavy (non-hydrogen) atoms. The maximum atomic E-state index is 13.7. The Bertz CT molecular complexity index is 494. The van der Waals surface area contributed by atoms with Crippen LogP contribution in [0.1, 0.15) is 44.2 Å². The van der Waals surface area contributed by atoms with Crippen LogP contribution >= 0.6 is 0 Å². The van der Waals surface area contributed by atoms with Crippen LogP contribution in [0.25, 0.3) is 0 Å². The van der Waals surface area contributed by atoms with E-state index in [2.05, 4.69) is 23.9 Å². The van der Waals surface area contributed by atoms with Crippen molar-refractivity contribution in [2.75, 3.05) is 0 Å². The number of halogens is 1. The van der Waals surface area contributed by atoms with Gasteiger partial charge >= 0.3 is 0 Å². The summed E-state index contributed by atoms with van der Waals surface area (Å²) in [6.45, 7) is 5.10. The molecule has 0 aromatic heterocycles. The van der Waals surface area contributed by atoms with E-state index in [1.54, 1.807) is 6.07 Å². The molecule has 0 radical (unpaired) electrons. The van der Waals surface area contributed by atoms with Crippen LogP contribution in [0.15, 0.2) is 23.4 Å². The van der Waals surface area contributed by atoms with E-state index in [1.165, 1.54) is 31.4 Å². The van der Waals surface area contributed by atoms with Gasteiger partial charge in [0.1, 0.15) is 5.82 Å². The normalized spacial score (nSPS) is 24.9. The van der Waals surface area contributed by atoms with Crippen molar-refractivity contribution >= 4 is 5.84 Å². The van der Waals surface area contributed by atoms with E-state index in [1.807, 2.05) is 0 Å². The van der Waals surface area contributed by atoms with Crippen molar-refractivity contribution in [1.29, 1.82) is 0 Å². The van der Waals surface area contributed by atoms with Gasteiger partial charge in [0.05, 0.1) is 0 Å². The van der Waals surface area contributed by atoms with Crippen molar-refractivity contribution in [2.45, 2.75) is 51.7 Å². The zero-order chi connectivity index (χ0) is 14.7. The second kappa shape index (κ2) is 6.22. The molecule has 1 aliphatic heterocycles. The Hall–Kier alpha value is -1.62. The number of hydrogen-bond donors (Lipinski definition) is 2. The second-order valence-corrected chi connectivity index (χ2v) is 5.63. The predicted molar refractivity (Wildman–Crippen MR) is 77.2 cm³/mol. The fraction of sp³-hybridized carbons (Fsp3) is 0.533. The van der Waals surface area contributed by atoms with E-state index in [-0.39, 0.29) is 11.7 Å². The minimum atomic E-state index is -0.360. The zero-order valence-electron chi connectivity index (χ0n) is 12.0. The molecule has 1 aromatic rings. The van der Waals surface area contributed by atoms with E-state index < -0.39 is 0 Å². The number of nitrogens with two attached hydrogens (primary N) is 1. The van der Waals surface area contributed by atoms with Crippen molar-refractivity contribution < 1.29 is 9.60 Å². The van der Waals surface area contributed by atoms with Gasteiger partial charge in [0.25, 0.3) is 0 Å². The van der Waals surface area contributed by atoms with Gasteiger partial charge < -0.3 is 10.9 Å². The maximum Gasteiger partial charge on any atom is 0.170 e. The van der Waals surface area contributed by atoms with Crippen LogP contribution in [0.5, 0.6) is 0 Å². The molecule has 110 valence electrons. The lowest BCUT2D eigenvalue weighted by molar-refractivity contribution is 0.0952. The standard InChI is InChI=1S/C15H22FN3O/c1-10-4-3-5-11(2)19(10)9-12-6-13(15(17)18-20)8-14(16)7-12/h6-8,10-11,20H,3-5,9H2,1-2H3,(H2,17,18)/t10-,11+. The van der Waals surface area contributed by atoms with E-state index in [4.69, 9.17) is 10.9 Å². The van der Waals surface area contributed by atoms with Gasteiger partial charge in [0.2, 0.25) is 0 Å². The molecule has 0 bridgehead atoms. The van der Waals surface area contributed by atoms with Crippen LogP contribution in [-0.2, 0) is 6.54 Å². The first kappa shape index (κ1) is 14.8. The summed E-state index contributed by atoms with van der Waals surface area (Å²) in [6.07, 6.45) is 3.59. The van der Waals surface area contributed by atoms with E-state index in [0.29, 0.717) is 24.2 Å². The number of rotatable bonds is 3. The first-order valence-electron chi connectivity index (χ1n) is 7.04. The summed E-state index contributed by atoms with van der Waals surface area (Å²) >= 11 is 0. The summed E-state index contributed by atoms with van der Waals surface area (Å²) in [5, 5.41) is 11.6. The molecule has 1 aromatic carbocycles. The van der Waals surface area contributed by atoms with Crippen molar-refractivity contribution in [3.05, 3.63) is 35.1 Å². The van der Waals surface area contributed by atoms with Gasteiger partial charge in [-0.2, -0.15) is 0 Å². The topological polar surface area (TPSA) is 61.8 Å². The summed E-state index contributed by atoms with van der Waals surface area (Å²) in [7, 11) is 0. The summed E-state index contributed by atoms with van der Waals surface area (Å²) in [5.74, 6) is -0.424. The molecule has 3 N–H and O–H groups in total. The van der Waals surface area contributed by atoms with Crippen molar-refractivity contribution in [1.82, 2.24) is 4.90 Å². The highest BCUT2D eigenvalue weighted by Crippen LogP contribution is 2.25. The lowest BCUT2D eigenvalue weighted by Gasteiger charge is -2.39. The SMILES string of the molecule is C[C@@H]1CCC[C@H](C)N1Cc1cc(F)cc(/C(N)=N/O)c1. The summed E-state index contributed by atoms with van der Waals surface area (Å²) in [4.78, 5) is 2.38.